The van der Waals surface area contributed by atoms with Gasteiger partial charge in [-0.1, -0.05) is 43.7 Å². The monoisotopic (exact) mass is 339 g/mol. The summed E-state index contributed by atoms with van der Waals surface area (Å²) >= 11 is 0. The van der Waals surface area contributed by atoms with Crippen LogP contribution in [0.15, 0.2) is 48.3 Å². The van der Waals surface area contributed by atoms with Crippen LogP contribution in [0.2, 0.25) is 0 Å². The Labute approximate surface area is 150 Å². The van der Waals surface area contributed by atoms with Crippen LogP contribution < -0.4 is 10.2 Å². The Morgan fingerprint density at radius 3 is 2.68 bits per heavy atom. The number of hydrogen-bond acceptors (Lipinski definition) is 3. The smallest absolute Gasteiger partial charge is 0.263 e. The highest BCUT2D eigenvalue weighted by atomic mass is 16.1. The SMILES string of the molecule is CCCCNC(=O)/C(C#N)=C/N1CC[NH+](/C=C/c2ccccc2)CC1. The minimum Gasteiger partial charge on any atom is -0.365 e. The molecule has 0 atom stereocenters. The molecule has 1 aliphatic rings. The molecule has 0 aliphatic carbocycles. The third kappa shape index (κ3) is 6.44. The molecule has 0 spiro atoms. The molecule has 5 heteroatoms. The van der Waals surface area contributed by atoms with E-state index in [2.05, 4.69) is 41.5 Å². The van der Waals surface area contributed by atoms with E-state index in [9.17, 15) is 10.1 Å². The fourth-order valence-corrected chi connectivity index (χ4v) is 2.68. The van der Waals surface area contributed by atoms with Gasteiger partial charge in [0.15, 0.2) is 0 Å². The highest BCUT2D eigenvalue weighted by molar-refractivity contribution is 5.97. The van der Waals surface area contributed by atoms with Gasteiger partial charge in [-0.25, -0.2) is 0 Å². The van der Waals surface area contributed by atoms with Gasteiger partial charge < -0.3 is 15.1 Å². The maximum Gasteiger partial charge on any atom is 0.263 e. The van der Waals surface area contributed by atoms with E-state index in [1.54, 1.807) is 6.20 Å². The largest absolute Gasteiger partial charge is 0.365 e. The Morgan fingerprint density at radius 1 is 1.32 bits per heavy atom. The molecule has 0 aromatic heterocycles. The Kier molecular flexibility index (Phi) is 7.74. The van der Waals surface area contributed by atoms with Crippen molar-refractivity contribution in [2.24, 2.45) is 0 Å². The van der Waals surface area contributed by atoms with Crippen LogP contribution in [0.4, 0.5) is 0 Å². The van der Waals surface area contributed by atoms with Crippen molar-refractivity contribution < 1.29 is 9.69 Å². The molecule has 5 nitrogen and oxygen atoms in total. The zero-order valence-electron chi connectivity index (χ0n) is 14.9. The first-order valence-corrected chi connectivity index (χ1v) is 8.95. The lowest BCUT2D eigenvalue weighted by molar-refractivity contribution is -0.850. The third-order valence-corrected chi connectivity index (χ3v) is 4.24. The molecule has 25 heavy (non-hydrogen) atoms. The summed E-state index contributed by atoms with van der Waals surface area (Å²) in [5.41, 5.74) is 1.40. The number of amides is 1. The van der Waals surface area contributed by atoms with E-state index in [4.69, 9.17) is 0 Å². The van der Waals surface area contributed by atoms with Gasteiger partial charge in [-0.3, -0.25) is 4.79 Å². The first-order valence-electron chi connectivity index (χ1n) is 8.95. The molecule has 1 saturated heterocycles. The van der Waals surface area contributed by atoms with Gasteiger partial charge >= 0.3 is 0 Å². The lowest BCUT2D eigenvalue weighted by Gasteiger charge is -2.29. The summed E-state index contributed by atoms with van der Waals surface area (Å²) in [6.07, 6.45) is 7.99. The Bertz CT molecular complexity index is 637. The summed E-state index contributed by atoms with van der Waals surface area (Å²) in [4.78, 5) is 15.5. The molecule has 1 heterocycles. The summed E-state index contributed by atoms with van der Waals surface area (Å²) < 4.78 is 0. The molecule has 0 unspecified atom stereocenters. The normalized spacial score (nSPS) is 16.0. The van der Waals surface area contributed by atoms with Gasteiger partial charge in [0.05, 0.1) is 32.4 Å². The Morgan fingerprint density at radius 2 is 2.04 bits per heavy atom. The maximum absolute atomic E-state index is 12.0. The molecular weight excluding hydrogens is 312 g/mol. The van der Waals surface area contributed by atoms with Crippen LogP contribution in [0, 0.1) is 11.3 Å². The van der Waals surface area contributed by atoms with E-state index >= 15 is 0 Å². The Hall–Kier alpha value is -2.58. The van der Waals surface area contributed by atoms with Gasteiger partial charge in [-0.2, -0.15) is 5.26 Å². The molecule has 1 aromatic carbocycles. The summed E-state index contributed by atoms with van der Waals surface area (Å²) in [6.45, 7) is 6.27. The van der Waals surface area contributed by atoms with Gasteiger partial charge in [0, 0.05) is 12.7 Å². The number of nitriles is 1. The van der Waals surface area contributed by atoms with E-state index in [-0.39, 0.29) is 11.5 Å². The van der Waals surface area contributed by atoms with Crippen molar-refractivity contribution in [1.82, 2.24) is 10.2 Å². The van der Waals surface area contributed by atoms with Gasteiger partial charge in [0.25, 0.3) is 5.91 Å². The number of unbranched alkanes of at least 4 members (excludes halogenated alkanes) is 1. The number of rotatable bonds is 7. The minimum atomic E-state index is -0.269. The van der Waals surface area contributed by atoms with E-state index in [0.717, 1.165) is 39.0 Å². The van der Waals surface area contributed by atoms with Crippen LogP contribution in [0.5, 0.6) is 0 Å². The average molecular weight is 339 g/mol. The van der Waals surface area contributed by atoms with Gasteiger partial charge in [0.1, 0.15) is 11.6 Å². The predicted molar refractivity (Wildman–Crippen MR) is 99.4 cm³/mol. The lowest BCUT2D eigenvalue weighted by Crippen LogP contribution is -3.10. The average Bonchev–Trinajstić information content (AvgIpc) is 2.66. The topological polar surface area (TPSA) is 60.6 Å². The van der Waals surface area contributed by atoms with E-state index in [1.165, 1.54) is 10.5 Å². The van der Waals surface area contributed by atoms with Gasteiger partial charge in [0.2, 0.25) is 0 Å². The standard InChI is InChI=1S/C20H26N4O/c1-2-3-10-22-20(25)19(16-21)17-24-14-12-23(13-15-24)11-9-18-7-5-4-6-8-18/h4-9,11,17H,2-3,10,12-15H2,1H3,(H,22,25)/p+1/b11-9+,19-17+. The molecule has 1 fully saturated rings. The van der Waals surface area contributed by atoms with Crippen LogP contribution in [0.3, 0.4) is 0 Å². The molecule has 2 rings (SSSR count). The summed E-state index contributed by atoms with van der Waals surface area (Å²) in [7, 11) is 0. The van der Waals surface area contributed by atoms with Crippen molar-refractivity contribution in [1.29, 1.82) is 5.26 Å². The van der Waals surface area contributed by atoms with Crippen LogP contribution in [0.25, 0.3) is 6.08 Å². The number of carbonyl (C=O) groups is 1. The molecule has 0 bridgehead atoms. The van der Waals surface area contributed by atoms with Crippen LogP contribution >= 0.6 is 0 Å². The van der Waals surface area contributed by atoms with Gasteiger partial charge in [-0.05, 0) is 18.1 Å². The molecule has 1 aliphatic heterocycles. The molecule has 0 radical (unpaired) electrons. The second-order valence-corrected chi connectivity index (χ2v) is 6.20. The molecule has 0 saturated carbocycles. The van der Waals surface area contributed by atoms with Crippen molar-refractivity contribution in [2.45, 2.75) is 19.8 Å². The van der Waals surface area contributed by atoms with E-state index in [1.807, 2.05) is 24.3 Å². The lowest BCUT2D eigenvalue weighted by atomic mass is 10.2. The van der Waals surface area contributed by atoms with E-state index in [0.29, 0.717) is 6.54 Å². The number of nitrogens with one attached hydrogen (secondary N) is 2. The summed E-state index contributed by atoms with van der Waals surface area (Å²) in [6, 6.07) is 12.3. The second-order valence-electron chi connectivity index (χ2n) is 6.20. The quantitative estimate of drug-likeness (QED) is 0.446. The fourth-order valence-electron chi connectivity index (χ4n) is 2.68. The molecule has 1 aromatic rings. The van der Waals surface area contributed by atoms with Crippen LogP contribution in [-0.2, 0) is 4.79 Å². The van der Waals surface area contributed by atoms with Crippen molar-refractivity contribution in [2.75, 3.05) is 32.7 Å². The summed E-state index contributed by atoms with van der Waals surface area (Å²) in [5.74, 6) is -0.269. The molecule has 132 valence electrons. The first-order chi connectivity index (χ1) is 12.2. The number of piperazine rings is 1. The van der Waals surface area contributed by atoms with Crippen molar-refractivity contribution in [3.63, 3.8) is 0 Å². The molecule has 1 amide bonds. The fraction of sp³-hybridized carbons (Fsp3) is 0.400. The number of benzene rings is 1. The molecular formula is C20H27N4O+. The van der Waals surface area contributed by atoms with Crippen LogP contribution in [0.1, 0.15) is 25.3 Å². The van der Waals surface area contributed by atoms with Crippen molar-refractivity contribution in [3.8, 4) is 6.07 Å². The predicted octanol–water partition coefficient (Wildman–Crippen LogP) is 1.18. The zero-order chi connectivity index (χ0) is 17.9. The third-order valence-electron chi connectivity index (χ3n) is 4.24. The second kappa shape index (κ2) is 10.3. The Balaban J connectivity index is 1.83. The number of hydrogen-bond donors (Lipinski definition) is 2. The highest BCUT2D eigenvalue weighted by Crippen LogP contribution is 2.01. The number of nitrogens with zero attached hydrogens (tertiary/aromatic N) is 2. The van der Waals surface area contributed by atoms with Crippen LogP contribution in [-0.4, -0.2) is 43.5 Å². The number of quaternary nitrogens is 1. The minimum absolute atomic E-state index is 0.194. The highest BCUT2D eigenvalue weighted by Gasteiger charge is 2.18. The summed E-state index contributed by atoms with van der Waals surface area (Å²) in [5, 5.41) is 12.0. The van der Waals surface area contributed by atoms with E-state index < -0.39 is 0 Å². The van der Waals surface area contributed by atoms with Crippen molar-refractivity contribution >= 4 is 12.0 Å². The number of carbonyl (C=O) groups excluding carboxylic acids is 1. The zero-order valence-corrected chi connectivity index (χ0v) is 14.9. The molecule has 2 N–H and O–H groups in total. The van der Waals surface area contributed by atoms with Gasteiger partial charge in [-0.15, -0.1) is 0 Å². The first kappa shape index (κ1) is 18.8. The maximum atomic E-state index is 12.0. The van der Waals surface area contributed by atoms with Crippen molar-refractivity contribution in [3.05, 3.63) is 53.9 Å².